The molecule has 0 saturated carbocycles. The number of hydrogen-bond acceptors (Lipinski definition) is 5. The van der Waals surface area contributed by atoms with Gasteiger partial charge in [-0.15, -0.1) is 0 Å². The Labute approximate surface area is 205 Å². The van der Waals surface area contributed by atoms with Gasteiger partial charge in [-0.2, -0.15) is 0 Å². The Morgan fingerprint density at radius 3 is 2.41 bits per heavy atom. The normalized spacial score (nSPS) is 11.2. The van der Waals surface area contributed by atoms with Crippen LogP contribution >= 0.6 is 11.6 Å². The molecule has 0 aliphatic rings. The number of ether oxygens (including phenoxy) is 1. The van der Waals surface area contributed by atoms with Crippen LogP contribution in [0.1, 0.15) is 35.6 Å². The minimum atomic E-state index is -3.65. The van der Waals surface area contributed by atoms with E-state index in [0.717, 1.165) is 27.8 Å². The summed E-state index contributed by atoms with van der Waals surface area (Å²) in [6.07, 6.45) is 4.68. The van der Waals surface area contributed by atoms with Crippen LogP contribution in [0.25, 0.3) is 5.57 Å². The van der Waals surface area contributed by atoms with Crippen molar-refractivity contribution in [1.82, 2.24) is 9.71 Å². The third-order valence-electron chi connectivity index (χ3n) is 5.16. The number of carbonyl (C=O) groups is 1. The molecule has 178 valence electrons. The first-order chi connectivity index (χ1) is 16.3. The Balaban J connectivity index is 1.77. The summed E-state index contributed by atoms with van der Waals surface area (Å²) in [6, 6.07) is 15.8. The lowest BCUT2D eigenvalue weighted by Crippen LogP contribution is -2.26. The average Bonchev–Trinajstić information content (AvgIpc) is 2.83. The van der Waals surface area contributed by atoms with Gasteiger partial charge in [0.15, 0.2) is 0 Å². The number of pyridine rings is 1. The van der Waals surface area contributed by atoms with Gasteiger partial charge in [-0.1, -0.05) is 42.4 Å². The second-order valence-electron chi connectivity index (χ2n) is 7.67. The van der Waals surface area contributed by atoms with Crippen molar-refractivity contribution in [2.75, 3.05) is 13.2 Å². The van der Waals surface area contributed by atoms with E-state index in [1.165, 1.54) is 12.1 Å². The van der Waals surface area contributed by atoms with Crippen LogP contribution in [0.5, 0.6) is 0 Å². The lowest BCUT2D eigenvalue weighted by Gasteiger charge is -2.13. The summed E-state index contributed by atoms with van der Waals surface area (Å²) in [5, 5.41) is 0.472. The molecule has 0 spiro atoms. The smallest absolute Gasteiger partial charge is 0.306 e. The number of aromatic nitrogens is 1. The van der Waals surface area contributed by atoms with Gasteiger partial charge >= 0.3 is 5.97 Å². The highest BCUT2D eigenvalue weighted by atomic mass is 35.5. The van der Waals surface area contributed by atoms with Crippen molar-refractivity contribution < 1.29 is 17.9 Å². The molecule has 3 aromatic rings. The molecule has 2 aromatic carbocycles. The average molecular weight is 499 g/mol. The van der Waals surface area contributed by atoms with E-state index in [9.17, 15) is 13.2 Å². The zero-order chi connectivity index (χ0) is 24.6. The lowest BCUT2D eigenvalue weighted by molar-refractivity contribution is -0.143. The van der Waals surface area contributed by atoms with Crippen LogP contribution in [0.2, 0.25) is 5.02 Å². The van der Waals surface area contributed by atoms with Crippen molar-refractivity contribution in [2.24, 2.45) is 0 Å². The second kappa shape index (κ2) is 11.9. The molecule has 1 aromatic heterocycles. The van der Waals surface area contributed by atoms with Crippen LogP contribution in [0.4, 0.5) is 0 Å². The Kier molecular flexibility index (Phi) is 8.98. The fraction of sp³-hybridized carbons (Fsp3) is 0.231. The van der Waals surface area contributed by atoms with Gasteiger partial charge < -0.3 is 4.74 Å². The van der Waals surface area contributed by atoms with Crippen molar-refractivity contribution in [2.45, 2.75) is 31.1 Å². The maximum absolute atomic E-state index is 12.6. The van der Waals surface area contributed by atoms with Crippen LogP contribution in [-0.2, 0) is 32.4 Å². The van der Waals surface area contributed by atoms with Gasteiger partial charge in [-0.25, -0.2) is 13.1 Å². The Bertz CT molecular complexity index is 1240. The summed E-state index contributed by atoms with van der Waals surface area (Å²) >= 11 is 5.85. The number of aryl methyl sites for hydroxylation is 1. The summed E-state index contributed by atoms with van der Waals surface area (Å²) < 4.78 is 32.8. The zero-order valence-corrected chi connectivity index (χ0v) is 20.5. The van der Waals surface area contributed by atoms with Gasteiger partial charge in [0.2, 0.25) is 10.0 Å². The van der Waals surface area contributed by atoms with Crippen molar-refractivity contribution >= 4 is 33.2 Å². The van der Waals surface area contributed by atoms with Crippen LogP contribution < -0.4 is 4.72 Å². The number of carbonyl (C=O) groups excluding carboxylic acids is 1. The molecule has 1 heterocycles. The number of nitrogens with one attached hydrogen (secondary N) is 1. The molecule has 0 radical (unpaired) electrons. The molecule has 8 heteroatoms. The molecule has 0 atom stereocenters. The molecular formula is C26H27ClN2O4S. The summed E-state index contributed by atoms with van der Waals surface area (Å²) in [4.78, 5) is 16.2. The monoisotopic (exact) mass is 498 g/mol. The third-order valence-corrected chi connectivity index (χ3v) is 6.89. The van der Waals surface area contributed by atoms with E-state index >= 15 is 0 Å². The maximum atomic E-state index is 12.6. The Hall–Kier alpha value is -3.00. The van der Waals surface area contributed by atoms with Crippen molar-refractivity contribution in [3.8, 4) is 0 Å². The van der Waals surface area contributed by atoms with Gasteiger partial charge in [0.1, 0.15) is 0 Å². The van der Waals surface area contributed by atoms with E-state index in [1.54, 1.807) is 31.5 Å². The first kappa shape index (κ1) is 25.6. The maximum Gasteiger partial charge on any atom is 0.306 e. The highest BCUT2D eigenvalue weighted by Crippen LogP contribution is 2.24. The fourth-order valence-electron chi connectivity index (χ4n) is 3.44. The predicted octanol–water partition coefficient (Wildman–Crippen LogP) is 4.81. The Morgan fingerprint density at radius 2 is 1.76 bits per heavy atom. The van der Waals surface area contributed by atoms with E-state index < -0.39 is 10.0 Å². The van der Waals surface area contributed by atoms with Gasteiger partial charge in [-0.05, 0) is 77.9 Å². The molecule has 0 bridgehead atoms. The molecule has 0 fully saturated rings. The molecule has 6 nitrogen and oxygen atoms in total. The summed E-state index contributed by atoms with van der Waals surface area (Å²) in [5.74, 6) is -0.253. The Morgan fingerprint density at radius 1 is 1.06 bits per heavy atom. The summed E-state index contributed by atoms with van der Waals surface area (Å²) in [5.41, 5.74) is 4.46. The predicted molar refractivity (Wildman–Crippen MR) is 134 cm³/mol. The highest BCUT2D eigenvalue weighted by Gasteiger charge is 2.14. The minimum Gasteiger partial charge on any atom is -0.466 e. The van der Waals surface area contributed by atoms with Crippen LogP contribution in [0.3, 0.4) is 0 Å². The number of hydrogen-bond donors (Lipinski definition) is 1. The topological polar surface area (TPSA) is 85.4 Å². The van der Waals surface area contributed by atoms with Crippen molar-refractivity contribution in [3.63, 3.8) is 0 Å². The van der Waals surface area contributed by atoms with Crippen LogP contribution in [0, 0.1) is 0 Å². The van der Waals surface area contributed by atoms with Gasteiger partial charge in [-0.3, -0.25) is 9.78 Å². The number of esters is 1. The van der Waals surface area contributed by atoms with Crippen molar-refractivity contribution in [3.05, 3.63) is 101 Å². The first-order valence-corrected chi connectivity index (χ1v) is 12.8. The largest absolute Gasteiger partial charge is 0.466 e. The van der Waals surface area contributed by atoms with E-state index in [0.29, 0.717) is 24.5 Å². The summed E-state index contributed by atoms with van der Waals surface area (Å²) in [6.45, 7) is 6.55. The quantitative estimate of drug-likeness (QED) is 0.383. The molecule has 0 saturated heterocycles. The van der Waals surface area contributed by atoms with Gasteiger partial charge in [0.05, 0.1) is 11.5 Å². The van der Waals surface area contributed by atoms with Crippen LogP contribution in [-0.4, -0.2) is 32.5 Å². The highest BCUT2D eigenvalue weighted by molar-refractivity contribution is 7.89. The number of sulfonamides is 1. The van der Waals surface area contributed by atoms with E-state index in [4.69, 9.17) is 16.3 Å². The van der Waals surface area contributed by atoms with Gasteiger partial charge in [0.25, 0.3) is 0 Å². The van der Waals surface area contributed by atoms with Crippen molar-refractivity contribution in [1.29, 1.82) is 0 Å². The molecular weight excluding hydrogens is 472 g/mol. The molecule has 0 amide bonds. The van der Waals surface area contributed by atoms with E-state index in [1.807, 2.05) is 30.3 Å². The second-order valence-corrected chi connectivity index (χ2v) is 9.87. The van der Waals surface area contributed by atoms with Gasteiger partial charge in [0, 0.05) is 30.4 Å². The van der Waals surface area contributed by atoms with Crippen LogP contribution in [0.15, 0.2) is 78.5 Å². The zero-order valence-electron chi connectivity index (χ0n) is 19.0. The summed E-state index contributed by atoms with van der Waals surface area (Å²) in [7, 11) is -3.65. The number of halogens is 1. The number of benzene rings is 2. The number of rotatable bonds is 11. The molecule has 0 unspecified atom stereocenters. The SMILES string of the molecule is C=C(c1cccnc1)c1cc(CCNS(=O)(=O)c2ccc(Cl)cc2)cc(CCC(=O)OCC)c1. The molecule has 0 aliphatic carbocycles. The van der Waals surface area contributed by atoms with E-state index in [2.05, 4.69) is 16.3 Å². The standard InChI is InChI=1S/C26H27ClN2O4S/c1-3-33-26(30)11-6-20-15-21(17-23(16-20)19(2)22-5-4-13-28-18-22)12-14-29-34(31,32)25-9-7-24(27)8-10-25/h4-5,7-10,13,15-18,29H,2-3,6,11-12,14H2,1H3. The molecule has 0 aliphatic heterocycles. The fourth-order valence-corrected chi connectivity index (χ4v) is 4.60. The lowest BCUT2D eigenvalue weighted by atomic mass is 9.94. The molecule has 34 heavy (non-hydrogen) atoms. The van der Waals surface area contributed by atoms with E-state index in [-0.39, 0.29) is 23.8 Å². The first-order valence-electron chi connectivity index (χ1n) is 10.9. The molecule has 1 N–H and O–H groups in total. The third kappa shape index (κ3) is 7.25. The molecule has 3 rings (SSSR count). The minimum absolute atomic E-state index is 0.158. The number of nitrogens with zero attached hydrogens (tertiary/aromatic N) is 1.